The van der Waals surface area contributed by atoms with Gasteiger partial charge in [0.1, 0.15) is 0 Å². The Hall–Kier alpha value is 1.42. The van der Waals surface area contributed by atoms with Crippen LogP contribution < -0.4 is 51.4 Å². The van der Waals surface area contributed by atoms with Crippen LogP contribution in [0.25, 0.3) is 0 Å². The van der Waals surface area contributed by atoms with Crippen LogP contribution in [-0.2, 0) is 10.1 Å². The van der Waals surface area contributed by atoms with E-state index in [1.807, 2.05) is 6.92 Å². The minimum absolute atomic E-state index is 0. The standard InChI is InChI=1S/C11H17ClF6O3S.K.H/c1-2-3-4-5-6-8(12)7-9(13,14)10(15,16)11(17,18)22(19,20)21;;/h8H,2-7H2,1H3,(H,19,20,21);;/q;+1;-1. The SMILES string of the molecule is CCCCCCC(Cl)CC(F)(F)C(F)(F)C(F)(F)S(=O)(=O)O.[H-].[K+]. The average Bonchev–Trinajstić information content (AvgIpc) is 2.32. The van der Waals surface area contributed by atoms with Crippen molar-refractivity contribution < 1.29 is 92.1 Å². The first-order chi connectivity index (χ1) is 9.70. The van der Waals surface area contributed by atoms with Gasteiger partial charge in [-0.05, 0) is 6.42 Å². The summed E-state index contributed by atoms with van der Waals surface area (Å²) in [5.74, 6) is -11.7. The maximum Gasteiger partial charge on any atom is 1.00 e. The second kappa shape index (κ2) is 9.93. The van der Waals surface area contributed by atoms with E-state index in [1.54, 1.807) is 0 Å². The van der Waals surface area contributed by atoms with Gasteiger partial charge in [0.05, 0.1) is 0 Å². The van der Waals surface area contributed by atoms with Gasteiger partial charge in [0.15, 0.2) is 0 Å². The monoisotopic (exact) mass is 418 g/mol. The first-order valence-electron chi connectivity index (χ1n) is 6.45. The Kier molecular flexibility index (Phi) is 11.5. The molecular weight excluding hydrogens is 401 g/mol. The van der Waals surface area contributed by atoms with Crippen molar-refractivity contribution in [3.63, 3.8) is 0 Å². The molecule has 0 amide bonds. The Morgan fingerprint density at radius 1 is 1.09 bits per heavy atom. The zero-order valence-electron chi connectivity index (χ0n) is 13.6. The summed E-state index contributed by atoms with van der Waals surface area (Å²) >= 11 is 5.44. The molecule has 0 aliphatic carbocycles. The van der Waals surface area contributed by atoms with Crippen LogP contribution in [0.2, 0.25) is 0 Å². The van der Waals surface area contributed by atoms with Gasteiger partial charge in [-0.25, -0.2) is 0 Å². The number of unbranched alkanes of at least 4 members (excludes halogenated alkanes) is 3. The van der Waals surface area contributed by atoms with Crippen molar-refractivity contribution in [1.29, 1.82) is 0 Å². The number of hydrogen-bond acceptors (Lipinski definition) is 2. The molecule has 0 aliphatic heterocycles. The zero-order valence-corrected chi connectivity index (χ0v) is 17.3. The molecule has 0 saturated heterocycles. The van der Waals surface area contributed by atoms with Crippen molar-refractivity contribution in [1.82, 2.24) is 0 Å². The smallest absolute Gasteiger partial charge is 1.00 e. The number of alkyl halides is 7. The minimum atomic E-state index is -6.71. The second-order valence-corrected chi connectivity index (χ2v) is 7.00. The molecule has 1 N–H and O–H groups in total. The first-order valence-corrected chi connectivity index (χ1v) is 8.33. The van der Waals surface area contributed by atoms with Gasteiger partial charge in [-0.1, -0.05) is 32.6 Å². The number of hydrogen-bond donors (Lipinski definition) is 1. The van der Waals surface area contributed by atoms with Gasteiger partial charge in [0.25, 0.3) is 0 Å². The Balaban J connectivity index is -0.00000220. The van der Waals surface area contributed by atoms with Crippen LogP contribution in [0, 0.1) is 0 Å². The summed E-state index contributed by atoms with van der Waals surface area (Å²) in [5.41, 5.74) is 0. The molecule has 23 heavy (non-hydrogen) atoms. The minimum Gasteiger partial charge on any atom is -1.00 e. The van der Waals surface area contributed by atoms with Crippen LogP contribution >= 0.6 is 11.6 Å². The van der Waals surface area contributed by atoms with E-state index in [9.17, 15) is 34.8 Å². The molecule has 0 aromatic carbocycles. The Labute approximate surface area is 180 Å². The topological polar surface area (TPSA) is 54.4 Å². The van der Waals surface area contributed by atoms with Gasteiger partial charge >= 0.3 is 78.6 Å². The predicted molar refractivity (Wildman–Crippen MR) is 70.5 cm³/mol. The quantitative estimate of drug-likeness (QED) is 0.194. The molecule has 0 bridgehead atoms. The van der Waals surface area contributed by atoms with Gasteiger partial charge in [0, 0.05) is 11.8 Å². The molecule has 3 nitrogen and oxygen atoms in total. The number of rotatable bonds is 10. The summed E-state index contributed by atoms with van der Waals surface area (Å²) in [7, 11) is -6.71. The average molecular weight is 419 g/mol. The maximum atomic E-state index is 13.4. The Bertz CT molecular complexity index is 467. The third-order valence-corrected chi connectivity index (χ3v) is 4.27. The molecule has 0 aromatic heterocycles. The van der Waals surface area contributed by atoms with Crippen LogP contribution in [-0.4, -0.2) is 35.4 Å². The van der Waals surface area contributed by atoms with Crippen LogP contribution in [0.1, 0.15) is 46.9 Å². The van der Waals surface area contributed by atoms with E-state index in [4.69, 9.17) is 16.2 Å². The van der Waals surface area contributed by atoms with Crippen LogP contribution in [0.4, 0.5) is 26.3 Å². The van der Waals surface area contributed by atoms with E-state index in [-0.39, 0.29) is 59.2 Å². The van der Waals surface area contributed by atoms with E-state index >= 15 is 0 Å². The molecule has 0 rings (SSSR count). The summed E-state index contributed by atoms with van der Waals surface area (Å²) in [4.78, 5) is 0. The normalized spacial score (nSPS) is 15.2. The molecule has 0 spiro atoms. The molecule has 1 unspecified atom stereocenters. The fourth-order valence-corrected chi connectivity index (χ4v) is 2.50. The van der Waals surface area contributed by atoms with Gasteiger partial charge in [-0.3, -0.25) is 4.55 Å². The van der Waals surface area contributed by atoms with E-state index in [0.29, 0.717) is 12.8 Å². The summed E-state index contributed by atoms with van der Waals surface area (Å²) in [6.45, 7) is 1.88. The molecule has 0 radical (unpaired) electrons. The molecule has 0 saturated carbocycles. The summed E-state index contributed by atoms with van der Waals surface area (Å²) in [6, 6.07) is 0. The van der Waals surface area contributed by atoms with Crippen LogP contribution in [0.3, 0.4) is 0 Å². The predicted octanol–water partition coefficient (Wildman–Crippen LogP) is 1.82. The van der Waals surface area contributed by atoms with E-state index in [2.05, 4.69) is 0 Å². The van der Waals surface area contributed by atoms with Crippen molar-refractivity contribution in [3.8, 4) is 0 Å². The second-order valence-electron chi connectivity index (χ2n) is 4.92. The van der Waals surface area contributed by atoms with E-state index < -0.39 is 39.0 Å². The summed E-state index contributed by atoms with van der Waals surface area (Å²) < 4.78 is 107. The van der Waals surface area contributed by atoms with Gasteiger partial charge < -0.3 is 1.43 Å². The fourth-order valence-electron chi connectivity index (χ4n) is 1.68. The largest absolute Gasteiger partial charge is 1.00 e. The van der Waals surface area contributed by atoms with Gasteiger partial charge in [-0.15, -0.1) is 11.6 Å². The molecule has 12 heteroatoms. The molecular formula is C11H18ClF6KO3S. The van der Waals surface area contributed by atoms with Gasteiger partial charge in [0.2, 0.25) is 0 Å². The molecule has 136 valence electrons. The first kappa shape index (κ1) is 26.6. The molecule has 1 atom stereocenters. The molecule has 0 aliphatic rings. The Morgan fingerprint density at radius 3 is 1.96 bits per heavy atom. The number of halogens is 7. The van der Waals surface area contributed by atoms with Crippen molar-refractivity contribution >= 4 is 21.7 Å². The van der Waals surface area contributed by atoms with E-state index in [0.717, 1.165) is 12.8 Å². The summed E-state index contributed by atoms with van der Waals surface area (Å²) in [5, 5.41) is -7.85. The molecule has 0 heterocycles. The van der Waals surface area contributed by atoms with E-state index in [1.165, 1.54) is 0 Å². The molecule has 0 fully saturated rings. The summed E-state index contributed by atoms with van der Waals surface area (Å²) in [6.07, 6.45) is 0.628. The van der Waals surface area contributed by atoms with Crippen LogP contribution in [0.5, 0.6) is 0 Å². The molecule has 0 aromatic rings. The zero-order chi connectivity index (χ0) is 17.8. The third-order valence-electron chi connectivity index (χ3n) is 3.00. The van der Waals surface area contributed by atoms with Crippen LogP contribution in [0.15, 0.2) is 0 Å². The third kappa shape index (κ3) is 6.91. The maximum absolute atomic E-state index is 13.4. The van der Waals surface area contributed by atoms with Crippen molar-refractivity contribution in [2.45, 2.75) is 67.9 Å². The van der Waals surface area contributed by atoms with Crippen molar-refractivity contribution in [2.24, 2.45) is 0 Å². The van der Waals surface area contributed by atoms with Crippen molar-refractivity contribution in [3.05, 3.63) is 0 Å². The van der Waals surface area contributed by atoms with Gasteiger partial charge in [-0.2, -0.15) is 34.8 Å². The Morgan fingerprint density at radius 2 is 1.57 bits per heavy atom. The fraction of sp³-hybridized carbons (Fsp3) is 1.00. The van der Waals surface area contributed by atoms with Crippen molar-refractivity contribution in [2.75, 3.05) is 0 Å².